The van der Waals surface area contributed by atoms with Gasteiger partial charge in [0.05, 0.1) is 10.6 Å². The van der Waals surface area contributed by atoms with Gasteiger partial charge in [-0.2, -0.15) is 0 Å². The molecule has 0 aromatic heterocycles. The van der Waals surface area contributed by atoms with Crippen molar-refractivity contribution < 1.29 is 8.42 Å². The monoisotopic (exact) mass is 439 g/mol. The standard InChI is InChI=1S/C15H25N3O2S.HI/c1-4-13(18-15(16)17-10-12(2)3)11-21(19,20)14-8-6-5-7-9-14;/h5-9,12-13H,4,10-11H2,1-3H3,(H3,16,17,18);1H. The fraction of sp³-hybridized carbons (Fsp3) is 0.533. The van der Waals surface area contributed by atoms with Crippen LogP contribution in [-0.2, 0) is 9.84 Å². The van der Waals surface area contributed by atoms with Gasteiger partial charge >= 0.3 is 0 Å². The molecule has 1 unspecified atom stereocenters. The number of rotatable bonds is 7. The van der Waals surface area contributed by atoms with Crippen LogP contribution in [0.4, 0.5) is 0 Å². The van der Waals surface area contributed by atoms with Crippen LogP contribution < -0.4 is 11.1 Å². The minimum absolute atomic E-state index is 0. The fourth-order valence-electron chi connectivity index (χ4n) is 1.79. The maximum absolute atomic E-state index is 12.3. The van der Waals surface area contributed by atoms with Crippen molar-refractivity contribution in [3.8, 4) is 0 Å². The first-order valence-electron chi connectivity index (χ1n) is 7.19. The fourth-order valence-corrected chi connectivity index (χ4v) is 3.40. The van der Waals surface area contributed by atoms with E-state index in [0.717, 1.165) is 0 Å². The minimum atomic E-state index is -3.32. The normalized spacial score (nSPS) is 13.5. The van der Waals surface area contributed by atoms with Crippen LogP contribution in [0.2, 0.25) is 0 Å². The summed E-state index contributed by atoms with van der Waals surface area (Å²) in [6.45, 7) is 6.65. The average molecular weight is 439 g/mol. The summed E-state index contributed by atoms with van der Waals surface area (Å²) in [5, 5.41) is 3.00. The Morgan fingerprint density at radius 1 is 1.27 bits per heavy atom. The predicted octanol–water partition coefficient (Wildman–Crippen LogP) is 2.42. The van der Waals surface area contributed by atoms with Crippen molar-refractivity contribution in [1.82, 2.24) is 5.32 Å². The van der Waals surface area contributed by atoms with Gasteiger partial charge in [-0.25, -0.2) is 8.42 Å². The van der Waals surface area contributed by atoms with Crippen LogP contribution in [0.5, 0.6) is 0 Å². The second-order valence-electron chi connectivity index (χ2n) is 5.46. The molecule has 0 heterocycles. The molecule has 0 aliphatic carbocycles. The molecule has 0 saturated heterocycles. The highest BCUT2D eigenvalue weighted by Gasteiger charge is 2.20. The average Bonchev–Trinajstić information content (AvgIpc) is 2.45. The first-order valence-corrected chi connectivity index (χ1v) is 8.84. The Hall–Kier alpha value is -0.830. The summed E-state index contributed by atoms with van der Waals surface area (Å²) in [7, 11) is -3.32. The van der Waals surface area contributed by atoms with E-state index in [1.54, 1.807) is 30.3 Å². The second-order valence-corrected chi connectivity index (χ2v) is 7.50. The van der Waals surface area contributed by atoms with Gasteiger partial charge in [0.15, 0.2) is 15.8 Å². The molecule has 3 N–H and O–H groups in total. The van der Waals surface area contributed by atoms with Gasteiger partial charge in [0.2, 0.25) is 0 Å². The molecule has 0 bridgehead atoms. The van der Waals surface area contributed by atoms with Crippen LogP contribution in [0.3, 0.4) is 0 Å². The topological polar surface area (TPSA) is 84.5 Å². The minimum Gasteiger partial charge on any atom is -0.370 e. The van der Waals surface area contributed by atoms with Crippen LogP contribution in [-0.4, -0.2) is 32.7 Å². The van der Waals surface area contributed by atoms with Gasteiger partial charge in [-0.1, -0.05) is 39.0 Å². The number of hydrogen-bond acceptors (Lipinski definition) is 3. The summed E-state index contributed by atoms with van der Waals surface area (Å²) in [6, 6.07) is 8.22. The summed E-state index contributed by atoms with van der Waals surface area (Å²) in [4.78, 5) is 4.54. The van der Waals surface area contributed by atoms with E-state index in [9.17, 15) is 8.42 Å². The van der Waals surface area contributed by atoms with E-state index < -0.39 is 9.84 Å². The largest absolute Gasteiger partial charge is 0.370 e. The molecule has 7 heteroatoms. The second kappa shape index (κ2) is 10.0. The molecule has 22 heavy (non-hydrogen) atoms. The smallest absolute Gasteiger partial charge is 0.188 e. The van der Waals surface area contributed by atoms with Crippen LogP contribution in [0.25, 0.3) is 0 Å². The van der Waals surface area contributed by atoms with Crippen molar-refractivity contribution in [2.45, 2.75) is 38.1 Å². The molecule has 0 fully saturated rings. The lowest BCUT2D eigenvalue weighted by atomic mass is 10.2. The van der Waals surface area contributed by atoms with Gasteiger partial charge in [-0.05, 0) is 24.5 Å². The number of aliphatic imine (C=N–C) groups is 1. The molecular formula is C15H26IN3O2S. The van der Waals surface area contributed by atoms with Crippen LogP contribution in [0.1, 0.15) is 27.2 Å². The van der Waals surface area contributed by atoms with Crippen molar-refractivity contribution in [2.75, 3.05) is 12.3 Å². The maximum atomic E-state index is 12.3. The Morgan fingerprint density at radius 3 is 2.36 bits per heavy atom. The number of halogens is 1. The summed E-state index contributed by atoms with van der Waals surface area (Å²) in [6.07, 6.45) is 0.657. The Bertz CT molecular complexity index is 559. The summed E-state index contributed by atoms with van der Waals surface area (Å²) in [5.74, 6) is 0.725. The maximum Gasteiger partial charge on any atom is 0.188 e. The van der Waals surface area contributed by atoms with E-state index in [-0.39, 0.29) is 35.8 Å². The SMILES string of the molecule is CCC(CS(=O)(=O)c1ccccc1)NC(N)=NCC(C)C.I. The molecule has 0 spiro atoms. The lowest BCUT2D eigenvalue weighted by Crippen LogP contribution is -2.43. The first kappa shape index (κ1) is 21.2. The van der Waals surface area contributed by atoms with Crippen molar-refractivity contribution in [1.29, 1.82) is 0 Å². The van der Waals surface area contributed by atoms with E-state index in [1.165, 1.54) is 0 Å². The van der Waals surface area contributed by atoms with Gasteiger partial charge in [0.25, 0.3) is 0 Å². The number of nitrogens with one attached hydrogen (secondary N) is 1. The number of benzene rings is 1. The Morgan fingerprint density at radius 2 is 1.86 bits per heavy atom. The Balaban J connectivity index is 0.00000441. The quantitative estimate of drug-likeness (QED) is 0.388. The lowest BCUT2D eigenvalue weighted by molar-refractivity contribution is 0.570. The Labute approximate surface area is 150 Å². The van der Waals surface area contributed by atoms with Crippen molar-refractivity contribution in [2.24, 2.45) is 16.6 Å². The third kappa shape index (κ3) is 7.44. The van der Waals surface area contributed by atoms with Gasteiger partial charge in [-0.3, -0.25) is 4.99 Å². The molecule has 1 aromatic carbocycles. The zero-order valence-corrected chi connectivity index (χ0v) is 16.5. The molecular weight excluding hydrogens is 413 g/mol. The molecule has 0 radical (unpaired) electrons. The van der Waals surface area contributed by atoms with E-state index >= 15 is 0 Å². The molecule has 5 nitrogen and oxygen atoms in total. The van der Waals surface area contributed by atoms with E-state index in [0.29, 0.717) is 29.7 Å². The zero-order chi connectivity index (χ0) is 15.9. The van der Waals surface area contributed by atoms with E-state index in [1.807, 2.05) is 20.8 Å². The molecule has 1 atom stereocenters. The van der Waals surface area contributed by atoms with Gasteiger partial charge in [0.1, 0.15) is 0 Å². The first-order chi connectivity index (χ1) is 9.85. The highest BCUT2D eigenvalue weighted by atomic mass is 127. The molecule has 126 valence electrons. The molecule has 0 amide bonds. The van der Waals surface area contributed by atoms with Crippen molar-refractivity contribution >= 4 is 39.8 Å². The van der Waals surface area contributed by atoms with Crippen LogP contribution in [0, 0.1) is 5.92 Å². The van der Waals surface area contributed by atoms with E-state index in [2.05, 4.69) is 10.3 Å². The van der Waals surface area contributed by atoms with Crippen molar-refractivity contribution in [3.05, 3.63) is 30.3 Å². The van der Waals surface area contributed by atoms with E-state index in [4.69, 9.17) is 5.73 Å². The summed E-state index contributed by atoms with van der Waals surface area (Å²) >= 11 is 0. The molecule has 0 aliphatic rings. The number of guanidine groups is 1. The van der Waals surface area contributed by atoms with Gasteiger partial charge < -0.3 is 11.1 Å². The van der Waals surface area contributed by atoms with Gasteiger partial charge in [0, 0.05) is 12.6 Å². The summed E-state index contributed by atoms with van der Waals surface area (Å²) < 4.78 is 24.7. The third-order valence-electron chi connectivity index (χ3n) is 2.99. The molecule has 0 saturated carbocycles. The summed E-state index contributed by atoms with van der Waals surface area (Å²) in [5.41, 5.74) is 5.80. The van der Waals surface area contributed by atoms with Crippen molar-refractivity contribution in [3.63, 3.8) is 0 Å². The van der Waals surface area contributed by atoms with Crippen LogP contribution in [0.15, 0.2) is 40.2 Å². The van der Waals surface area contributed by atoms with Crippen LogP contribution >= 0.6 is 24.0 Å². The molecule has 0 aliphatic heterocycles. The lowest BCUT2D eigenvalue weighted by Gasteiger charge is -2.18. The number of nitrogens with zero attached hydrogens (tertiary/aromatic N) is 1. The van der Waals surface area contributed by atoms with Gasteiger partial charge in [-0.15, -0.1) is 24.0 Å². The highest BCUT2D eigenvalue weighted by Crippen LogP contribution is 2.12. The number of sulfone groups is 1. The Kier molecular flexibility index (Phi) is 9.66. The molecule has 1 aromatic rings. The number of hydrogen-bond donors (Lipinski definition) is 2. The highest BCUT2D eigenvalue weighted by molar-refractivity contribution is 14.0. The molecule has 1 rings (SSSR count). The predicted molar refractivity (Wildman–Crippen MR) is 102 cm³/mol. The third-order valence-corrected chi connectivity index (χ3v) is 4.83. The number of nitrogens with two attached hydrogens (primary N) is 1. The zero-order valence-electron chi connectivity index (χ0n) is 13.3.